The molecule has 1 aromatic rings. The number of esters is 1. The lowest BCUT2D eigenvalue weighted by molar-refractivity contribution is -0.155. The molecule has 0 N–H and O–H groups in total. The van der Waals surface area contributed by atoms with E-state index in [1.54, 1.807) is 10.9 Å². The quantitative estimate of drug-likeness (QED) is 0.744. The van der Waals surface area contributed by atoms with E-state index in [9.17, 15) is 4.79 Å². The Hall–Kier alpha value is -1.32. The third kappa shape index (κ3) is 4.59. The van der Waals surface area contributed by atoms with Crippen molar-refractivity contribution in [2.24, 2.45) is 0 Å². The fraction of sp³-hybridized carbons (Fsp3) is 0.692. The molecule has 0 atom stereocenters. The maximum Gasteiger partial charge on any atom is 0.328 e. The van der Waals surface area contributed by atoms with E-state index in [0.29, 0.717) is 0 Å². The molecule has 0 radical (unpaired) electrons. The topological polar surface area (TPSA) is 44.1 Å². The van der Waals surface area contributed by atoms with E-state index in [1.165, 1.54) is 0 Å². The minimum absolute atomic E-state index is 0.0478. The molecule has 0 spiro atoms. The van der Waals surface area contributed by atoms with Gasteiger partial charge in [0.1, 0.15) is 12.1 Å². The fourth-order valence-electron chi connectivity index (χ4n) is 1.34. The van der Waals surface area contributed by atoms with Crippen molar-refractivity contribution in [2.75, 3.05) is 0 Å². The average molecular weight is 238 g/mol. The first kappa shape index (κ1) is 13.7. The second-order valence-electron chi connectivity index (χ2n) is 6.26. The molecule has 0 saturated heterocycles. The van der Waals surface area contributed by atoms with Crippen LogP contribution in [0.1, 0.15) is 47.1 Å². The van der Waals surface area contributed by atoms with E-state index in [-0.39, 0.29) is 17.9 Å². The number of carbonyl (C=O) groups is 1. The second kappa shape index (κ2) is 4.51. The van der Waals surface area contributed by atoms with Crippen LogP contribution < -0.4 is 0 Å². The Morgan fingerprint density at radius 3 is 2.29 bits per heavy atom. The molecule has 0 unspecified atom stereocenters. The maximum atomic E-state index is 11.6. The van der Waals surface area contributed by atoms with Crippen molar-refractivity contribution in [3.8, 4) is 0 Å². The first-order chi connectivity index (χ1) is 7.58. The lowest BCUT2D eigenvalue weighted by Crippen LogP contribution is -2.26. The highest BCUT2D eigenvalue weighted by atomic mass is 16.6. The van der Waals surface area contributed by atoms with Crippen molar-refractivity contribution in [3.05, 3.63) is 18.0 Å². The Bertz CT molecular complexity index is 394. The van der Waals surface area contributed by atoms with E-state index in [4.69, 9.17) is 4.74 Å². The third-order valence-electron chi connectivity index (χ3n) is 2.21. The SMILES string of the molecule is CC(C)(C)OC(=O)Cn1cc(C(C)(C)C)cn1. The van der Waals surface area contributed by atoms with E-state index < -0.39 is 5.60 Å². The summed E-state index contributed by atoms with van der Waals surface area (Å²) in [5.74, 6) is -0.263. The number of carbonyl (C=O) groups excluding carboxylic acids is 1. The first-order valence-corrected chi connectivity index (χ1v) is 5.83. The molecule has 0 aliphatic carbocycles. The molecule has 0 saturated carbocycles. The van der Waals surface area contributed by atoms with Gasteiger partial charge >= 0.3 is 5.97 Å². The number of ether oxygens (including phenoxy) is 1. The summed E-state index contributed by atoms with van der Waals surface area (Å²) in [6.07, 6.45) is 3.69. The molecule has 4 heteroatoms. The van der Waals surface area contributed by atoms with Crippen molar-refractivity contribution >= 4 is 5.97 Å². The summed E-state index contributed by atoms with van der Waals surface area (Å²) in [4.78, 5) is 11.6. The highest BCUT2D eigenvalue weighted by Crippen LogP contribution is 2.21. The van der Waals surface area contributed by atoms with Crippen molar-refractivity contribution in [3.63, 3.8) is 0 Å². The summed E-state index contributed by atoms with van der Waals surface area (Å²) >= 11 is 0. The summed E-state index contributed by atoms with van der Waals surface area (Å²) in [5, 5.41) is 4.17. The number of hydrogen-bond donors (Lipinski definition) is 0. The van der Waals surface area contributed by atoms with Crippen LogP contribution in [-0.4, -0.2) is 21.4 Å². The van der Waals surface area contributed by atoms with Crippen molar-refractivity contribution in [1.82, 2.24) is 9.78 Å². The zero-order valence-corrected chi connectivity index (χ0v) is 11.6. The van der Waals surface area contributed by atoms with Gasteiger partial charge < -0.3 is 4.74 Å². The molecule has 1 heterocycles. The van der Waals surface area contributed by atoms with Crippen LogP contribution in [0.2, 0.25) is 0 Å². The predicted molar refractivity (Wildman–Crippen MR) is 66.8 cm³/mol. The van der Waals surface area contributed by atoms with E-state index >= 15 is 0 Å². The van der Waals surface area contributed by atoms with Crippen LogP contribution in [-0.2, 0) is 21.5 Å². The Labute approximate surface area is 103 Å². The number of nitrogens with zero attached hydrogens (tertiary/aromatic N) is 2. The highest BCUT2D eigenvalue weighted by Gasteiger charge is 2.19. The zero-order valence-electron chi connectivity index (χ0n) is 11.6. The molecule has 96 valence electrons. The molecule has 4 nitrogen and oxygen atoms in total. The summed E-state index contributed by atoms with van der Waals surface area (Å²) in [6.45, 7) is 12.1. The predicted octanol–water partition coefficient (Wildman–Crippen LogP) is 2.52. The number of rotatable bonds is 2. The lowest BCUT2D eigenvalue weighted by atomic mass is 9.90. The fourth-order valence-corrected chi connectivity index (χ4v) is 1.34. The molecule has 0 aliphatic heterocycles. The van der Waals surface area contributed by atoms with E-state index in [0.717, 1.165) is 5.56 Å². The summed E-state index contributed by atoms with van der Waals surface area (Å²) < 4.78 is 6.86. The van der Waals surface area contributed by atoms with Gasteiger partial charge in [-0.2, -0.15) is 5.10 Å². The van der Waals surface area contributed by atoms with Gasteiger partial charge in [0.15, 0.2) is 0 Å². The van der Waals surface area contributed by atoms with Gasteiger partial charge in [0.05, 0.1) is 6.20 Å². The molecule has 0 bridgehead atoms. The smallest absolute Gasteiger partial charge is 0.328 e. The van der Waals surface area contributed by atoms with Crippen LogP contribution in [0.5, 0.6) is 0 Å². The molecule has 0 aliphatic rings. The van der Waals surface area contributed by atoms with Gasteiger partial charge in [-0.15, -0.1) is 0 Å². The standard InChI is InChI=1S/C13H22N2O2/c1-12(2,3)10-7-14-15(8-10)9-11(16)17-13(4,5)6/h7-8H,9H2,1-6H3. The normalized spacial score (nSPS) is 12.6. The van der Waals surface area contributed by atoms with Crippen LogP contribution >= 0.6 is 0 Å². The second-order valence-corrected chi connectivity index (χ2v) is 6.26. The molecule has 0 aromatic carbocycles. The van der Waals surface area contributed by atoms with Gasteiger partial charge in [-0.3, -0.25) is 9.48 Å². The van der Waals surface area contributed by atoms with E-state index in [2.05, 4.69) is 25.9 Å². The number of hydrogen-bond acceptors (Lipinski definition) is 3. The Balaban J connectivity index is 2.65. The van der Waals surface area contributed by atoms with Gasteiger partial charge in [0.25, 0.3) is 0 Å². The molecule has 0 fully saturated rings. The van der Waals surface area contributed by atoms with Gasteiger partial charge in [0.2, 0.25) is 0 Å². The van der Waals surface area contributed by atoms with E-state index in [1.807, 2.05) is 27.0 Å². The monoisotopic (exact) mass is 238 g/mol. The Morgan fingerprint density at radius 2 is 1.88 bits per heavy atom. The van der Waals surface area contributed by atoms with Gasteiger partial charge in [-0.25, -0.2) is 0 Å². The zero-order chi connectivity index (χ0) is 13.3. The van der Waals surface area contributed by atoms with Crippen LogP contribution in [0.25, 0.3) is 0 Å². The Kier molecular flexibility index (Phi) is 3.65. The van der Waals surface area contributed by atoms with Crippen molar-refractivity contribution in [2.45, 2.75) is 59.1 Å². The minimum Gasteiger partial charge on any atom is -0.459 e. The van der Waals surface area contributed by atoms with Crippen LogP contribution in [0, 0.1) is 0 Å². The largest absolute Gasteiger partial charge is 0.459 e. The summed E-state index contributed by atoms with van der Waals surface area (Å²) in [6, 6.07) is 0. The molecule has 17 heavy (non-hydrogen) atoms. The van der Waals surface area contributed by atoms with Crippen LogP contribution in [0.15, 0.2) is 12.4 Å². The van der Waals surface area contributed by atoms with Crippen LogP contribution in [0.3, 0.4) is 0 Å². The van der Waals surface area contributed by atoms with Gasteiger partial charge in [0, 0.05) is 6.20 Å². The summed E-state index contributed by atoms with van der Waals surface area (Å²) in [5.41, 5.74) is 0.713. The average Bonchev–Trinajstić information content (AvgIpc) is 2.47. The minimum atomic E-state index is -0.447. The van der Waals surface area contributed by atoms with Crippen LogP contribution in [0.4, 0.5) is 0 Å². The first-order valence-electron chi connectivity index (χ1n) is 5.83. The van der Waals surface area contributed by atoms with Crippen molar-refractivity contribution in [1.29, 1.82) is 0 Å². The molecular weight excluding hydrogens is 216 g/mol. The van der Waals surface area contributed by atoms with Crippen molar-refractivity contribution < 1.29 is 9.53 Å². The molecule has 1 aromatic heterocycles. The van der Waals surface area contributed by atoms with Gasteiger partial charge in [-0.1, -0.05) is 20.8 Å². The molecule has 1 rings (SSSR count). The number of aromatic nitrogens is 2. The highest BCUT2D eigenvalue weighted by molar-refractivity contribution is 5.69. The molecule has 0 amide bonds. The lowest BCUT2D eigenvalue weighted by Gasteiger charge is -2.19. The molecular formula is C13H22N2O2. The Morgan fingerprint density at radius 1 is 1.29 bits per heavy atom. The summed E-state index contributed by atoms with van der Waals surface area (Å²) in [7, 11) is 0. The maximum absolute atomic E-state index is 11.6. The van der Waals surface area contributed by atoms with Gasteiger partial charge in [-0.05, 0) is 31.7 Å². The third-order valence-corrected chi connectivity index (χ3v) is 2.21.